The van der Waals surface area contributed by atoms with Crippen molar-refractivity contribution >= 4 is 11.6 Å². The van der Waals surface area contributed by atoms with Crippen LogP contribution in [0.3, 0.4) is 0 Å². The molecule has 0 bridgehead atoms. The molecular weight excluding hydrogens is 235 g/mol. The maximum Gasteiger partial charge on any atom is 0.226 e. The van der Waals surface area contributed by atoms with Crippen molar-refractivity contribution in [3.8, 4) is 0 Å². The van der Waals surface area contributed by atoms with E-state index in [9.17, 15) is 9.18 Å². The van der Waals surface area contributed by atoms with E-state index in [1.54, 1.807) is 6.07 Å². The first kappa shape index (κ1) is 13.0. The van der Waals surface area contributed by atoms with Gasteiger partial charge in [0.25, 0.3) is 0 Å². The van der Waals surface area contributed by atoms with Crippen LogP contribution in [0.5, 0.6) is 0 Å². The number of rotatable bonds is 4. The van der Waals surface area contributed by atoms with Gasteiger partial charge in [0.05, 0.1) is 18.7 Å². The van der Waals surface area contributed by atoms with Crippen LogP contribution in [0, 0.1) is 5.82 Å². The lowest BCUT2D eigenvalue weighted by Crippen LogP contribution is -2.25. The van der Waals surface area contributed by atoms with Crippen LogP contribution in [-0.2, 0) is 22.5 Å². The van der Waals surface area contributed by atoms with Gasteiger partial charge in [0.2, 0.25) is 5.91 Å². The van der Waals surface area contributed by atoms with E-state index >= 15 is 0 Å². The van der Waals surface area contributed by atoms with E-state index in [0.717, 1.165) is 12.1 Å². The van der Waals surface area contributed by atoms with Gasteiger partial charge in [0, 0.05) is 13.7 Å². The Labute approximate surface area is 106 Å². The minimum atomic E-state index is -0.306. The van der Waals surface area contributed by atoms with Crippen molar-refractivity contribution in [1.82, 2.24) is 5.32 Å². The molecule has 98 valence electrons. The molecule has 0 spiro atoms. The van der Waals surface area contributed by atoms with Gasteiger partial charge in [0.15, 0.2) is 0 Å². The van der Waals surface area contributed by atoms with Crippen molar-refractivity contribution in [2.24, 2.45) is 0 Å². The number of amides is 1. The second-order valence-corrected chi connectivity index (χ2v) is 4.28. The van der Waals surface area contributed by atoms with E-state index in [-0.39, 0.29) is 23.8 Å². The number of carbonyl (C=O) groups excluding carboxylic acids is 1. The molecule has 18 heavy (non-hydrogen) atoms. The molecule has 0 aliphatic carbocycles. The van der Waals surface area contributed by atoms with Crippen LogP contribution in [0.15, 0.2) is 12.1 Å². The smallest absolute Gasteiger partial charge is 0.226 e. The number of nitrogens with one attached hydrogen (secondary N) is 2. The number of benzene rings is 1. The number of hydrogen-bond donors (Lipinski definition) is 2. The fraction of sp³-hybridized carbons (Fsp3) is 0.462. The molecule has 1 aromatic rings. The molecule has 1 aliphatic heterocycles. The molecule has 2 N–H and O–H groups in total. The van der Waals surface area contributed by atoms with Crippen molar-refractivity contribution in [2.45, 2.75) is 19.4 Å². The zero-order chi connectivity index (χ0) is 13.0. The standard InChI is InChI=1S/C13H17FN2O2/c1-18-7-5-12(17)16-11-3-2-9-8-15-6-4-10(9)13(11)14/h2-3,15H,4-8H2,1H3,(H,16,17). The molecule has 0 saturated heterocycles. The molecular formula is C13H17FN2O2. The third-order valence-electron chi connectivity index (χ3n) is 3.01. The van der Waals surface area contributed by atoms with Crippen molar-refractivity contribution < 1.29 is 13.9 Å². The van der Waals surface area contributed by atoms with Gasteiger partial charge >= 0.3 is 0 Å². The molecule has 2 rings (SSSR count). The lowest BCUT2D eigenvalue weighted by molar-refractivity contribution is -0.117. The number of hydrogen-bond acceptors (Lipinski definition) is 3. The second-order valence-electron chi connectivity index (χ2n) is 4.28. The van der Waals surface area contributed by atoms with Gasteiger partial charge in [-0.25, -0.2) is 4.39 Å². The largest absolute Gasteiger partial charge is 0.384 e. The number of ether oxygens (including phenoxy) is 1. The van der Waals surface area contributed by atoms with Crippen molar-refractivity contribution in [3.05, 3.63) is 29.1 Å². The minimum Gasteiger partial charge on any atom is -0.384 e. The first-order valence-electron chi connectivity index (χ1n) is 6.02. The van der Waals surface area contributed by atoms with Gasteiger partial charge in [-0.2, -0.15) is 0 Å². The Balaban J connectivity index is 2.12. The Morgan fingerprint density at radius 3 is 3.17 bits per heavy atom. The zero-order valence-electron chi connectivity index (χ0n) is 10.4. The Morgan fingerprint density at radius 2 is 2.39 bits per heavy atom. The summed E-state index contributed by atoms with van der Waals surface area (Å²) in [5.41, 5.74) is 1.93. The molecule has 0 fully saturated rings. The minimum absolute atomic E-state index is 0.231. The summed E-state index contributed by atoms with van der Waals surface area (Å²) in [4.78, 5) is 11.5. The van der Waals surface area contributed by atoms with E-state index in [2.05, 4.69) is 10.6 Å². The SMILES string of the molecule is COCCC(=O)Nc1ccc2c(c1F)CCNC2. The third kappa shape index (κ3) is 2.86. The monoisotopic (exact) mass is 252 g/mol. The van der Waals surface area contributed by atoms with Crippen molar-refractivity contribution in [2.75, 3.05) is 25.6 Å². The molecule has 1 amide bonds. The number of methoxy groups -OCH3 is 1. The summed E-state index contributed by atoms with van der Waals surface area (Å²) in [5, 5.41) is 5.77. The maximum absolute atomic E-state index is 14.2. The lowest BCUT2D eigenvalue weighted by atomic mass is 9.99. The average Bonchev–Trinajstić information content (AvgIpc) is 2.40. The summed E-state index contributed by atoms with van der Waals surface area (Å²) in [5.74, 6) is -0.538. The van der Waals surface area contributed by atoms with Crippen LogP contribution in [0.2, 0.25) is 0 Å². The van der Waals surface area contributed by atoms with E-state index < -0.39 is 0 Å². The lowest BCUT2D eigenvalue weighted by Gasteiger charge is -2.19. The van der Waals surface area contributed by atoms with Crippen LogP contribution in [0.1, 0.15) is 17.5 Å². The summed E-state index contributed by atoms with van der Waals surface area (Å²) in [6.45, 7) is 1.79. The Hall–Kier alpha value is -1.46. The fourth-order valence-corrected chi connectivity index (χ4v) is 2.04. The molecule has 0 unspecified atom stereocenters. The number of anilines is 1. The number of fused-ring (bicyclic) bond motifs is 1. The van der Waals surface area contributed by atoms with Gasteiger partial charge in [-0.3, -0.25) is 4.79 Å². The van der Waals surface area contributed by atoms with Crippen LogP contribution in [-0.4, -0.2) is 26.2 Å². The quantitative estimate of drug-likeness (QED) is 0.852. The topological polar surface area (TPSA) is 50.4 Å². The third-order valence-corrected chi connectivity index (χ3v) is 3.01. The Bertz CT molecular complexity index is 449. The summed E-state index contributed by atoms with van der Waals surface area (Å²) < 4.78 is 19.0. The van der Waals surface area contributed by atoms with E-state index in [1.165, 1.54) is 7.11 Å². The molecule has 0 aromatic heterocycles. The molecule has 5 heteroatoms. The fourth-order valence-electron chi connectivity index (χ4n) is 2.04. The highest BCUT2D eigenvalue weighted by Crippen LogP contribution is 2.24. The summed E-state index contributed by atoms with van der Waals surface area (Å²) >= 11 is 0. The van der Waals surface area contributed by atoms with E-state index in [1.807, 2.05) is 6.07 Å². The van der Waals surface area contributed by atoms with Crippen molar-refractivity contribution in [1.29, 1.82) is 0 Å². The van der Waals surface area contributed by atoms with Gasteiger partial charge in [-0.05, 0) is 30.2 Å². The molecule has 0 radical (unpaired) electrons. The zero-order valence-corrected chi connectivity index (χ0v) is 10.4. The van der Waals surface area contributed by atoms with Gasteiger partial charge < -0.3 is 15.4 Å². The van der Waals surface area contributed by atoms with Gasteiger partial charge in [-0.1, -0.05) is 6.07 Å². The normalized spacial score (nSPS) is 14.1. The molecule has 4 nitrogen and oxygen atoms in total. The van der Waals surface area contributed by atoms with E-state index in [0.29, 0.717) is 25.1 Å². The maximum atomic E-state index is 14.2. The van der Waals surface area contributed by atoms with Crippen LogP contribution < -0.4 is 10.6 Å². The Morgan fingerprint density at radius 1 is 1.56 bits per heavy atom. The number of halogens is 1. The predicted octanol–water partition coefficient (Wildman–Crippen LogP) is 1.45. The molecule has 1 heterocycles. The highest BCUT2D eigenvalue weighted by atomic mass is 19.1. The van der Waals surface area contributed by atoms with Crippen LogP contribution in [0.25, 0.3) is 0 Å². The molecule has 0 saturated carbocycles. The average molecular weight is 252 g/mol. The molecule has 0 atom stereocenters. The van der Waals surface area contributed by atoms with Crippen LogP contribution in [0.4, 0.5) is 10.1 Å². The number of carbonyl (C=O) groups is 1. The molecule has 1 aliphatic rings. The highest BCUT2D eigenvalue weighted by Gasteiger charge is 2.17. The summed E-state index contributed by atoms with van der Waals surface area (Å²) in [7, 11) is 1.53. The summed E-state index contributed by atoms with van der Waals surface area (Å²) in [6, 6.07) is 3.47. The van der Waals surface area contributed by atoms with Crippen molar-refractivity contribution in [3.63, 3.8) is 0 Å². The first-order valence-corrected chi connectivity index (χ1v) is 6.02. The van der Waals surface area contributed by atoms with Crippen LogP contribution >= 0.6 is 0 Å². The van der Waals surface area contributed by atoms with Gasteiger partial charge in [0.1, 0.15) is 5.82 Å². The highest BCUT2D eigenvalue weighted by molar-refractivity contribution is 5.91. The van der Waals surface area contributed by atoms with E-state index in [4.69, 9.17) is 4.74 Å². The predicted molar refractivity (Wildman–Crippen MR) is 66.9 cm³/mol. The molecule has 1 aromatic carbocycles. The first-order chi connectivity index (χ1) is 8.72. The van der Waals surface area contributed by atoms with Gasteiger partial charge in [-0.15, -0.1) is 0 Å². The Kier molecular flexibility index (Phi) is 4.28. The summed E-state index contributed by atoms with van der Waals surface area (Å²) in [6.07, 6.45) is 0.886. The second kappa shape index (κ2) is 5.93.